The van der Waals surface area contributed by atoms with E-state index in [1.54, 1.807) is 23.1 Å². The van der Waals surface area contributed by atoms with E-state index in [1.807, 2.05) is 25.8 Å². The van der Waals surface area contributed by atoms with Gasteiger partial charge in [-0.25, -0.2) is 9.97 Å². The van der Waals surface area contributed by atoms with Gasteiger partial charge < -0.3 is 9.64 Å². The van der Waals surface area contributed by atoms with Crippen molar-refractivity contribution in [2.24, 2.45) is 7.05 Å². The van der Waals surface area contributed by atoms with Gasteiger partial charge in [-0.2, -0.15) is 5.10 Å². The summed E-state index contributed by atoms with van der Waals surface area (Å²) in [5.41, 5.74) is 2.36. The minimum Gasteiger partial charge on any atom is -0.458 e. The first-order valence-corrected chi connectivity index (χ1v) is 7.79. The summed E-state index contributed by atoms with van der Waals surface area (Å²) in [5.74, 6) is 0.0235. The van der Waals surface area contributed by atoms with Gasteiger partial charge in [0.25, 0.3) is 5.91 Å². The summed E-state index contributed by atoms with van der Waals surface area (Å²) < 4.78 is 7.55. The normalized spacial score (nSPS) is 18.0. The van der Waals surface area contributed by atoms with E-state index in [1.165, 1.54) is 0 Å². The van der Waals surface area contributed by atoms with Gasteiger partial charge in [0, 0.05) is 31.7 Å². The van der Waals surface area contributed by atoms with Crippen molar-refractivity contribution >= 4 is 5.91 Å². The number of amides is 1. The molecule has 1 aliphatic rings. The summed E-state index contributed by atoms with van der Waals surface area (Å²) in [6.45, 7) is 5.08. The Morgan fingerprint density at radius 3 is 2.70 bits per heavy atom. The highest BCUT2D eigenvalue weighted by Gasteiger charge is 2.29. The second kappa shape index (κ2) is 6.36. The Bertz CT molecular complexity index is 698. The second-order valence-corrected chi connectivity index (χ2v) is 5.83. The zero-order chi connectivity index (χ0) is 16.4. The summed E-state index contributed by atoms with van der Waals surface area (Å²) in [7, 11) is 1.86. The first-order valence-electron chi connectivity index (χ1n) is 7.79. The van der Waals surface area contributed by atoms with E-state index in [0.717, 1.165) is 30.8 Å². The molecule has 2 aromatic heterocycles. The van der Waals surface area contributed by atoms with Crippen LogP contribution in [0, 0.1) is 13.8 Å². The van der Waals surface area contributed by atoms with Crippen LogP contribution in [0.3, 0.4) is 0 Å². The lowest BCUT2D eigenvalue weighted by Gasteiger charge is -2.32. The van der Waals surface area contributed by atoms with Crippen LogP contribution in [-0.2, 0) is 7.05 Å². The molecule has 122 valence electrons. The van der Waals surface area contributed by atoms with Crippen LogP contribution in [0.4, 0.5) is 0 Å². The molecule has 1 atom stereocenters. The van der Waals surface area contributed by atoms with E-state index in [9.17, 15) is 4.79 Å². The number of ether oxygens (including phenoxy) is 1. The molecular weight excluding hydrogens is 294 g/mol. The van der Waals surface area contributed by atoms with Crippen molar-refractivity contribution in [3.8, 4) is 6.01 Å². The van der Waals surface area contributed by atoms with Crippen molar-refractivity contribution in [1.82, 2.24) is 24.6 Å². The number of carbonyl (C=O) groups is 1. The molecule has 0 aliphatic carbocycles. The molecule has 1 unspecified atom stereocenters. The Balaban J connectivity index is 1.72. The van der Waals surface area contributed by atoms with Crippen LogP contribution in [0.15, 0.2) is 18.5 Å². The summed E-state index contributed by atoms with van der Waals surface area (Å²) in [6, 6.07) is 2.11. The maximum Gasteiger partial charge on any atom is 0.316 e. The largest absolute Gasteiger partial charge is 0.458 e. The average molecular weight is 315 g/mol. The van der Waals surface area contributed by atoms with Crippen LogP contribution in [0.1, 0.15) is 34.6 Å². The second-order valence-electron chi connectivity index (χ2n) is 5.83. The monoisotopic (exact) mass is 315 g/mol. The molecule has 0 aromatic carbocycles. The molecular formula is C16H21N5O2. The van der Waals surface area contributed by atoms with Gasteiger partial charge in [0.05, 0.1) is 17.8 Å². The molecule has 0 N–H and O–H groups in total. The third kappa shape index (κ3) is 3.18. The van der Waals surface area contributed by atoms with Gasteiger partial charge in [-0.15, -0.1) is 0 Å². The van der Waals surface area contributed by atoms with Crippen LogP contribution >= 0.6 is 0 Å². The molecule has 1 amide bonds. The predicted octanol–water partition coefficient (Wildman–Crippen LogP) is 1.51. The van der Waals surface area contributed by atoms with Gasteiger partial charge in [-0.3, -0.25) is 9.48 Å². The van der Waals surface area contributed by atoms with Gasteiger partial charge in [0.1, 0.15) is 6.10 Å². The lowest BCUT2D eigenvalue weighted by molar-refractivity contribution is 0.0514. The molecule has 0 radical (unpaired) electrons. The number of aromatic nitrogens is 4. The van der Waals surface area contributed by atoms with E-state index < -0.39 is 0 Å². The number of piperidine rings is 1. The van der Waals surface area contributed by atoms with E-state index in [-0.39, 0.29) is 12.0 Å². The quantitative estimate of drug-likeness (QED) is 0.858. The molecule has 23 heavy (non-hydrogen) atoms. The number of rotatable bonds is 3. The Labute approximate surface area is 135 Å². The van der Waals surface area contributed by atoms with Crippen molar-refractivity contribution in [2.75, 3.05) is 13.1 Å². The predicted molar refractivity (Wildman–Crippen MR) is 84.3 cm³/mol. The molecule has 0 spiro atoms. The molecule has 7 heteroatoms. The fraction of sp³-hybridized carbons (Fsp3) is 0.500. The third-order valence-corrected chi connectivity index (χ3v) is 4.20. The van der Waals surface area contributed by atoms with Gasteiger partial charge in [0.2, 0.25) is 0 Å². The number of aryl methyl sites for hydroxylation is 2. The average Bonchev–Trinajstić information content (AvgIpc) is 2.80. The molecule has 7 nitrogen and oxygen atoms in total. The number of likely N-dealkylation sites (tertiary alicyclic amines) is 1. The summed E-state index contributed by atoms with van der Waals surface area (Å²) in [5, 5.41) is 4.33. The number of hydrogen-bond acceptors (Lipinski definition) is 5. The molecule has 1 fully saturated rings. The highest BCUT2D eigenvalue weighted by atomic mass is 16.5. The lowest BCUT2D eigenvalue weighted by Crippen LogP contribution is -2.44. The van der Waals surface area contributed by atoms with Crippen LogP contribution in [0.2, 0.25) is 0 Å². The van der Waals surface area contributed by atoms with Crippen molar-refractivity contribution < 1.29 is 9.53 Å². The molecule has 3 heterocycles. The molecule has 0 saturated carbocycles. The van der Waals surface area contributed by atoms with Crippen molar-refractivity contribution in [3.05, 3.63) is 35.4 Å². The number of nitrogens with zero attached hydrogens (tertiary/aromatic N) is 5. The number of hydrogen-bond donors (Lipinski definition) is 0. The molecule has 0 bridgehead atoms. The van der Waals surface area contributed by atoms with Crippen molar-refractivity contribution in [3.63, 3.8) is 0 Å². The zero-order valence-electron chi connectivity index (χ0n) is 13.7. The van der Waals surface area contributed by atoms with Crippen molar-refractivity contribution in [2.45, 2.75) is 32.8 Å². The lowest BCUT2D eigenvalue weighted by atomic mass is 10.1. The fourth-order valence-corrected chi connectivity index (χ4v) is 2.96. The molecule has 1 saturated heterocycles. The van der Waals surface area contributed by atoms with E-state index >= 15 is 0 Å². The highest BCUT2D eigenvalue weighted by Crippen LogP contribution is 2.20. The molecule has 1 aliphatic heterocycles. The Hall–Kier alpha value is -2.44. The highest BCUT2D eigenvalue weighted by molar-refractivity contribution is 5.96. The van der Waals surface area contributed by atoms with E-state index in [0.29, 0.717) is 18.1 Å². The smallest absolute Gasteiger partial charge is 0.316 e. The Kier molecular flexibility index (Phi) is 4.27. The van der Waals surface area contributed by atoms with Gasteiger partial charge >= 0.3 is 6.01 Å². The molecule has 3 rings (SSSR count). The third-order valence-electron chi connectivity index (χ3n) is 4.20. The van der Waals surface area contributed by atoms with E-state index in [2.05, 4.69) is 15.1 Å². The Morgan fingerprint density at radius 1 is 1.30 bits per heavy atom. The standard InChI is InChI=1S/C16H21N5O2/c1-11-14(12(2)20(3)19-11)15(22)21-9-4-6-13(10-21)23-16-17-7-5-8-18-16/h5,7-8,13H,4,6,9-10H2,1-3H3. The molecule has 2 aromatic rings. The van der Waals surface area contributed by atoms with Crippen LogP contribution in [0.25, 0.3) is 0 Å². The minimum absolute atomic E-state index is 0.0235. The summed E-state index contributed by atoms with van der Waals surface area (Å²) in [4.78, 5) is 22.8. The van der Waals surface area contributed by atoms with E-state index in [4.69, 9.17) is 4.74 Å². The fourth-order valence-electron chi connectivity index (χ4n) is 2.96. The van der Waals surface area contributed by atoms with Gasteiger partial charge in [0.15, 0.2) is 0 Å². The van der Waals surface area contributed by atoms with Crippen LogP contribution < -0.4 is 4.74 Å². The SMILES string of the molecule is Cc1nn(C)c(C)c1C(=O)N1CCCC(Oc2ncccn2)C1. The zero-order valence-corrected chi connectivity index (χ0v) is 13.7. The topological polar surface area (TPSA) is 73.1 Å². The summed E-state index contributed by atoms with van der Waals surface area (Å²) >= 11 is 0. The van der Waals surface area contributed by atoms with Gasteiger partial charge in [-0.1, -0.05) is 0 Å². The number of carbonyl (C=O) groups excluding carboxylic acids is 1. The van der Waals surface area contributed by atoms with Crippen LogP contribution in [0.5, 0.6) is 6.01 Å². The first-order chi connectivity index (χ1) is 11.1. The summed E-state index contributed by atoms with van der Waals surface area (Å²) in [6.07, 6.45) is 5.02. The maximum atomic E-state index is 12.8. The van der Waals surface area contributed by atoms with Crippen LogP contribution in [-0.4, -0.2) is 49.7 Å². The van der Waals surface area contributed by atoms with Crippen molar-refractivity contribution in [1.29, 1.82) is 0 Å². The van der Waals surface area contributed by atoms with Gasteiger partial charge in [-0.05, 0) is 32.8 Å². The maximum absolute atomic E-state index is 12.8. The first kappa shape index (κ1) is 15.5. The minimum atomic E-state index is -0.0765. The Morgan fingerprint density at radius 2 is 2.04 bits per heavy atom.